The zero-order valence-corrected chi connectivity index (χ0v) is 15.9. The highest BCUT2D eigenvalue weighted by molar-refractivity contribution is 5.78. The minimum atomic E-state index is -0.513. The van der Waals surface area contributed by atoms with E-state index in [0.717, 1.165) is 6.20 Å². The number of nitrogens with one attached hydrogen (secondary N) is 1. The highest BCUT2D eigenvalue weighted by atomic mass is 19.1. The monoisotopic (exact) mass is 406 g/mol. The van der Waals surface area contributed by atoms with Gasteiger partial charge in [0.15, 0.2) is 0 Å². The van der Waals surface area contributed by atoms with Crippen LogP contribution in [0.3, 0.4) is 0 Å². The zero-order chi connectivity index (χ0) is 21.3. The van der Waals surface area contributed by atoms with Crippen LogP contribution in [0.4, 0.5) is 20.5 Å². The van der Waals surface area contributed by atoms with Gasteiger partial charge in [-0.1, -0.05) is 0 Å². The van der Waals surface area contributed by atoms with E-state index in [1.165, 1.54) is 24.4 Å². The van der Waals surface area contributed by atoms with E-state index in [4.69, 9.17) is 5.73 Å². The fraction of sp³-hybridized carbons (Fsp3) is 0.150. The second kappa shape index (κ2) is 7.71. The highest BCUT2D eigenvalue weighted by Gasteiger charge is 2.15. The van der Waals surface area contributed by atoms with Crippen LogP contribution in [-0.2, 0) is 6.42 Å². The summed E-state index contributed by atoms with van der Waals surface area (Å²) in [6.45, 7) is 2.02. The van der Waals surface area contributed by atoms with Gasteiger partial charge >= 0.3 is 0 Å². The number of pyridine rings is 1. The van der Waals surface area contributed by atoms with E-state index in [0.29, 0.717) is 52.6 Å². The molecule has 0 spiro atoms. The van der Waals surface area contributed by atoms with Crippen molar-refractivity contribution in [3.05, 3.63) is 65.4 Å². The minimum absolute atomic E-state index is 0.0579. The Bertz CT molecular complexity index is 1290. The van der Waals surface area contributed by atoms with Crippen molar-refractivity contribution in [1.29, 1.82) is 5.26 Å². The quantitative estimate of drug-likeness (QED) is 0.523. The van der Waals surface area contributed by atoms with Crippen LogP contribution in [0.1, 0.15) is 17.1 Å². The summed E-state index contributed by atoms with van der Waals surface area (Å²) in [6, 6.07) is 7.58. The molecular weight excluding hydrogens is 390 g/mol. The third-order valence-electron chi connectivity index (χ3n) is 4.49. The molecule has 0 aliphatic rings. The molecule has 4 aromatic rings. The van der Waals surface area contributed by atoms with Crippen LogP contribution in [0.5, 0.6) is 0 Å². The van der Waals surface area contributed by atoms with Gasteiger partial charge in [0.1, 0.15) is 34.9 Å². The van der Waals surface area contributed by atoms with Crippen LogP contribution in [0.2, 0.25) is 0 Å². The molecule has 0 unspecified atom stereocenters. The van der Waals surface area contributed by atoms with Gasteiger partial charge in [-0.2, -0.15) is 10.2 Å². The normalized spacial score (nSPS) is 10.9. The average molecular weight is 406 g/mol. The molecular formula is C20H16F2N8. The topological polar surface area (TPSA) is 118 Å². The number of benzene rings is 1. The van der Waals surface area contributed by atoms with Crippen molar-refractivity contribution < 1.29 is 8.78 Å². The first-order chi connectivity index (χ1) is 14.5. The number of fused-ring (bicyclic) bond motifs is 1. The van der Waals surface area contributed by atoms with E-state index in [1.54, 1.807) is 17.6 Å². The van der Waals surface area contributed by atoms with Crippen LogP contribution >= 0.6 is 0 Å². The van der Waals surface area contributed by atoms with E-state index < -0.39 is 11.6 Å². The molecule has 0 amide bonds. The summed E-state index contributed by atoms with van der Waals surface area (Å²) in [5, 5.41) is 12.4. The third-order valence-corrected chi connectivity index (χ3v) is 4.49. The number of aromatic nitrogens is 5. The van der Waals surface area contributed by atoms with Crippen LogP contribution in [0.15, 0.2) is 36.7 Å². The largest absolute Gasteiger partial charge is 0.368 e. The molecule has 1 aromatic carbocycles. The summed E-state index contributed by atoms with van der Waals surface area (Å²) in [4.78, 5) is 16.5. The summed E-state index contributed by atoms with van der Waals surface area (Å²) in [5.41, 5.74) is 7.94. The summed E-state index contributed by atoms with van der Waals surface area (Å²) in [6.07, 6.45) is 2.95. The second-order valence-electron chi connectivity index (χ2n) is 6.54. The van der Waals surface area contributed by atoms with Crippen molar-refractivity contribution in [2.75, 3.05) is 17.6 Å². The van der Waals surface area contributed by atoms with Crippen molar-refractivity contribution in [1.82, 2.24) is 24.5 Å². The first kappa shape index (κ1) is 19.2. The number of rotatable bonds is 5. The van der Waals surface area contributed by atoms with E-state index >= 15 is 0 Å². The maximum Gasteiger partial charge on any atom is 0.222 e. The standard InChI is InChI=1S/C20H16F2N8/c1-11-15(8-23)19(29-20(24)27-11)26-5-4-18-28-16-3-2-12(21)7-17(16)30(18)14-6-13(22)9-25-10-14/h2-3,6-7,9-10H,4-5H2,1H3,(H3,24,26,27,29). The van der Waals surface area contributed by atoms with Crippen LogP contribution < -0.4 is 11.1 Å². The molecule has 0 aliphatic heterocycles. The van der Waals surface area contributed by atoms with Crippen molar-refractivity contribution in [2.45, 2.75) is 13.3 Å². The van der Waals surface area contributed by atoms with E-state index in [2.05, 4.69) is 31.3 Å². The Morgan fingerprint density at radius 3 is 2.73 bits per heavy atom. The molecule has 3 N–H and O–H groups in total. The lowest BCUT2D eigenvalue weighted by Gasteiger charge is -2.11. The maximum atomic E-state index is 13.9. The molecule has 3 heterocycles. The Labute approximate surface area is 170 Å². The summed E-state index contributed by atoms with van der Waals surface area (Å²) in [7, 11) is 0. The molecule has 0 saturated heterocycles. The third kappa shape index (κ3) is 3.60. The first-order valence-electron chi connectivity index (χ1n) is 9.02. The SMILES string of the molecule is Cc1nc(N)nc(NCCc2nc3ccc(F)cc3n2-c2cncc(F)c2)c1C#N. The summed E-state index contributed by atoms with van der Waals surface area (Å²) < 4.78 is 29.3. The summed E-state index contributed by atoms with van der Waals surface area (Å²) >= 11 is 0. The fourth-order valence-corrected chi connectivity index (χ4v) is 3.23. The van der Waals surface area contributed by atoms with Crippen molar-refractivity contribution >= 4 is 22.8 Å². The average Bonchev–Trinajstić information content (AvgIpc) is 3.05. The lowest BCUT2D eigenvalue weighted by molar-refractivity contribution is 0.619. The molecule has 0 radical (unpaired) electrons. The molecule has 0 atom stereocenters. The first-order valence-corrected chi connectivity index (χ1v) is 9.02. The van der Waals surface area contributed by atoms with Crippen LogP contribution in [0, 0.1) is 29.9 Å². The maximum absolute atomic E-state index is 13.9. The molecule has 8 nitrogen and oxygen atoms in total. The van der Waals surface area contributed by atoms with Gasteiger partial charge in [0.2, 0.25) is 5.95 Å². The Hall–Kier alpha value is -4.13. The van der Waals surface area contributed by atoms with E-state index in [-0.39, 0.29) is 5.95 Å². The summed E-state index contributed by atoms with van der Waals surface area (Å²) in [5.74, 6) is 0.00245. The number of nitriles is 1. The number of hydrogen-bond acceptors (Lipinski definition) is 7. The highest BCUT2D eigenvalue weighted by Crippen LogP contribution is 2.23. The molecule has 4 rings (SSSR count). The number of nitrogen functional groups attached to an aromatic ring is 1. The Morgan fingerprint density at radius 2 is 1.97 bits per heavy atom. The van der Waals surface area contributed by atoms with Gasteiger partial charge in [0.05, 0.1) is 34.8 Å². The van der Waals surface area contributed by atoms with Gasteiger partial charge in [-0.3, -0.25) is 9.55 Å². The number of halogens is 2. The van der Waals surface area contributed by atoms with Gasteiger partial charge in [-0.15, -0.1) is 0 Å². The van der Waals surface area contributed by atoms with E-state index in [1.807, 2.05) is 0 Å². The number of anilines is 2. The number of hydrogen-bond donors (Lipinski definition) is 2. The number of nitrogens with two attached hydrogens (primary N) is 1. The van der Waals surface area contributed by atoms with Gasteiger partial charge in [-0.25, -0.2) is 18.7 Å². The predicted molar refractivity (Wildman–Crippen MR) is 107 cm³/mol. The van der Waals surface area contributed by atoms with Crippen molar-refractivity contribution in [3.8, 4) is 11.8 Å². The van der Waals surface area contributed by atoms with Crippen molar-refractivity contribution in [2.24, 2.45) is 0 Å². The molecule has 3 aromatic heterocycles. The van der Waals surface area contributed by atoms with Crippen LogP contribution in [0.25, 0.3) is 16.7 Å². The second-order valence-corrected chi connectivity index (χ2v) is 6.54. The van der Waals surface area contributed by atoms with Crippen molar-refractivity contribution in [3.63, 3.8) is 0 Å². The lowest BCUT2D eigenvalue weighted by atomic mass is 10.2. The Balaban J connectivity index is 1.69. The molecule has 0 saturated carbocycles. The zero-order valence-electron chi connectivity index (χ0n) is 15.9. The molecule has 0 aliphatic carbocycles. The molecule has 10 heteroatoms. The van der Waals surface area contributed by atoms with Gasteiger partial charge in [0.25, 0.3) is 0 Å². The van der Waals surface area contributed by atoms with Gasteiger partial charge in [0, 0.05) is 25.1 Å². The number of aryl methyl sites for hydroxylation is 1. The Kier molecular flexibility index (Phi) is 4.93. The smallest absolute Gasteiger partial charge is 0.222 e. The lowest BCUT2D eigenvalue weighted by Crippen LogP contribution is -2.13. The van der Waals surface area contributed by atoms with Crippen LogP contribution in [-0.4, -0.2) is 31.0 Å². The number of imidazole rings is 1. The van der Waals surface area contributed by atoms with E-state index in [9.17, 15) is 14.0 Å². The van der Waals surface area contributed by atoms with Gasteiger partial charge in [-0.05, 0) is 19.1 Å². The number of nitrogens with zero attached hydrogens (tertiary/aromatic N) is 6. The van der Waals surface area contributed by atoms with Gasteiger partial charge < -0.3 is 11.1 Å². The molecule has 30 heavy (non-hydrogen) atoms. The predicted octanol–water partition coefficient (Wildman–Crippen LogP) is 2.91. The molecule has 150 valence electrons. The molecule has 0 bridgehead atoms. The minimum Gasteiger partial charge on any atom is -0.368 e. The Morgan fingerprint density at radius 1 is 1.13 bits per heavy atom. The fourth-order valence-electron chi connectivity index (χ4n) is 3.23. The molecule has 0 fully saturated rings.